The molecule has 0 aromatic carbocycles. The predicted molar refractivity (Wildman–Crippen MR) is 66.8 cm³/mol. The zero-order valence-corrected chi connectivity index (χ0v) is 10.5. The van der Waals surface area contributed by atoms with E-state index in [4.69, 9.17) is 10.2 Å². The van der Waals surface area contributed by atoms with E-state index in [0.717, 1.165) is 10.5 Å². The number of nitrogens with zero attached hydrogens (tertiary/aromatic N) is 2. The number of hydrogen-bond acceptors (Lipinski definition) is 5. The Hall–Kier alpha value is -1.99. The summed E-state index contributed by atoms with van der Waals surface area (Å²) in [6.45, 7) is -0.268. The average molecular weight is 267 g/mol. The van der Waals surface area contributed by atoms with Crippen molar-refractivity contribution >= 4 is 11.8 Å². The van der Waals surface area contributed by atoms with Crippen LogP contribution in [0.25, 0.3) is 0 Å². The number of aromatic nitrogens is 1. The standard InChI is InChI=1S/C12H17N3O4/c16-7-5-15(6-8-17)12(19)11(18)14-9-10-1-3-13-4-2-10/h1-4,16-17H,5-9H2,(H,14,18). The Morgan fingerprint density at radius 2 is 1.74 bits per heavy atom. The molecule has 7 heteroatoms. The Morgan fingerprint density at radius 1 is 1.16 bits per heavy atom. The summed E-state index contributed by atoms with van der Waals surface area (Å²) in [6.07, 6.45) is 3.18. The van der Waals surface area contributed by atoms with Crippen molar-refractivity contribution in [3.8, 4) is 0 Å². The number of carbonyl (C=O) groups is 2. The molecule has 0 radical (unpaired) electrons. The maximum absolute atomic E-state index is 11.7. The lowest BCUT2D eigenvalue weighted by Crippen LogP contribution is -2.45. The van der Waals surface area contributed by atoms with Gasteiger partial charge in [-0.1, -0.05) is 0 Å². The van der Waals surface area contributed by atoms with Gasteiger partial charge in [0.25, 0.3) is 0 Å². The van der Waals surface area contributed by atoms with E-state index in [0.29, 0.717) is 0 Å². The highest BCUT2D eigenvalue weighted by molar-refractivity contribution is 6.34. The second kappa shape index (κ2) is 8.17. The van der Waals surface area contributed by atoms with Gasteiger partial charge in [-0.05, 0) is 17.7 Å². The summed E-state index contributed by atoms with van der Waals surface area (Å²) < 4.78 is 0. The number of nitrogens with one attached hydrogen (secondary N) is 1. The fourth-order valence-electron chi connectivity index (χ4n) is 1.46. The van der Waals surface area contributed by atoms with Crippen molar-refractivity contribution in [3.63, 3.8) is 0 Å². The van der Waals surface area contributed by atoms with Crippen LogP contribution in [0.1, 0.15) is 5.56 Å². The van der Waals surface area contributed by atoms with Crippen LogP contribution in [0.2, 0.25) is 0 Å². The largest absolute Gasteiger partial charge is 0.395 e. The van der Waals surface area contributed by atoms with Gasteiger partial charge in [0.2, 0.25) is 0 Å². The molecule has 0 atom stereocenters. The predicted octanol–water partition coefficient (Wildman–Crippen LogP) is -1.49. The molecule has 7 nitrogen and oxygen atoms in total. The molecule has 3 N–H and O–H groups in total. The molecule has 0 unspecified atom stereocenters. The molecule has 19 heavy (non-hydrogen) atoms. The van der Waals surface area contributed by atoms with Crippen molar-refractivity contribution < 1.29 is 19.8 Å². The summed E-state index contributed by atoms with van der Waals surface area (Å²) >= 11 is 0. The van der Waals surface area contributed by atoms with Crippen molar-refractivity contribution in [2.24, 2.45) is 0 Å². The molecule has 1 rings (SSSR count). The Morgan fingerprint density at radius 3 is 2.26 bits per heavy atom. The normalized spacial score (nSPS) is 10.0. The highest BCUT2D eigenvalue weighted by Gasteiger charge is 2.20. The summed E-state index contributed by atoms with van der Waals surface area (Å²) in [4.78, 5) is 28.3. The zero-order chi connectivity index (χ0) is 14.1. The summed E-state index contributed by atoms with van der Waals surface area (Å²) in [5.74, 6) is -1.53. The monoisotopic (exact) mass is 267 g/mol. The lowest BCUT2D eigenvalue weighted by molar-refractivity contribution is -0.146. The van der Waals surface area contributed by atoms with Crippen LogP contribution in [-0.2, 0) is 16.1 Å². The average Bonchev–Trinajstić information content (AvgIpc) is 2.45. The van der Waals surface area contributed by atoms with Crippen molar-refractivity contribution in [2.45, 2.75) is 6.54 Å². The molecule has 0 aliphatic rings. The third-order valence-electron chi connectivity index (χ3n) is 2.42. The summed E-state index contributed by atoms with van der Waals surface area (Å²) in [5.41, 5.74) is 0.826. The summed E-state index contributed by atoms with van der Waals surface area (Å²) in [7, 11) is 0. The van der Waals surface area contributed by atoms with Gasteiger partial charge in [-0.25, -0.2) is 0 Å². The van der Waals surface area contributed by atoms with Crippen LogP contribution in [0.5, 0.6) is 0 Å². The van der Waals surface area contributed by atoms with Gasteiger partial charge in [-0.3, -0.25) is 14.6 Å². The van der Waals surface area contributed by atoms with E-state index in [1.807, 2.05) is 0 Å². The van der Waals surface area contributed by atoms with Crippen molar-refractivity contribution in [1.82, 2.24) is 15.2 Å². The lowest BCUT2D eigenvalue weighted by atomic mass is 10.2. The summed E-state index contributed by atoms with van der Waals surface area (Å²) in [5, 5.41) is 20.1. The van der Waals surface area contributed by atoms with Crippen molar-refractivity contribution in [3.05, 3.63) is 30.1 Å². The van der Waals surface area contributed by atoms with Crippen molar-refractivity contribution in [1.29, 1.82) is 0 Å². The number of pyridine rings is 1. The van der Waals surface area contributed by atoms with Crippen LogP contribution in [0, 0.1) is 0 Å². The van der Waals surface area contributed by atoms with Gasteiger partial charge in [0.05, 0.1) is 13.2 Å². The SMILES string of the molecule is O=C(NCc1ccncc1)C(=O)N(CCO)CCO. The van der Waals surface area contributed by atoms with E-state index in [-0.39, 0.29) is 32.8 Å². The molecular weight excluding hydrogens is 250 g/mol. The van der Waals surface area contributed by atoms with Gasteiger partial charge in [-0.2, -0.15) is 0 Å². The van der Waals surface area contributed by atoms with Gasteiger partial charge in [0.1, 0.15) is 0 Å². The Balaban J connectivity index is 2.49. The van der Waals surface area contributed by atoms with Gasteiger partial charge in [0.15, 0.2) is 0 Å². The van der Waals surface area contributed by atoms with E-state index in [1.165, 1.54) is 0 Å². The Bertz CT molecular complexity index is 405. The fraction of sp³-hybridized carbons (Fsp3) is 0.417. The summed E-state index contributed by atoms with van der Waals surface area (Å²) in [6, 6.07) is 3.45. The molecule has 0 saturated carbocycles. The van der Waals surface area contributed by atoms with E-state index < -0.39 is 11.8 Å². The van der Waals surface area contributed by atoms with Crippen LogP contribution >= 0.6 is 0 Å². The maximum Gasteiger partial charge on any atom is 0.312 e. The smallest absolute Gasteiger partial charge is 0.312 e. The van der Waals surface area contributed by atoms with Crippen LogP contribution < -0.4 is 5.32 Å². The van der Waals surface area contributed by atoms with E-state index >= 15 is 0 Å². The molecular formula is C12H17N3O4. The van der Waals surface area contributed by atoms with E-state index in [1.54, 1.807) is 24.5 Å². The number of hydrogen-bond donors (Lipinski definition) is 3. The highest BCUT2D eigenvalue weighted by atomic mass is 16.3. The first-order valence-electron chi connectivity index (χ1n) is 5.86. The third-order valence-corrected chi connectivity index (χ3v) is 2.42. The van der Waals surface area contributed by atoms with Crippen LogP contribution in [0.3, 0.4) is 0 Å². The molecule has 0 aliphatic heterocycles. The minimum Gasteiger partial charge on any atom is -0.395 e. The highest BCUT2D eigenvalue weighted by Crippen LogP contribution is 1.96. The first kappa shape index (κ1) is 15.1. The second-order valence-corrected chi connectivity index (χ2v) is 3.78. The molecule has 1 aromatic rings. The Kier molecular flexibility index (Phi) is 6.48. The number of aliphatic hydroxyl groups excluding tert-OH is 2. The van der Waals surface area contributed by atoms with E-state index in [9.17, 15) is 9.59 Å². The maximum atomic E-state index is 11.7. The number of amides is 2. The molecule has 0 bridgehead atoms. The molecule has 0 saturated heterocycles. The Labute approximate surface area is 110 Å². The van der Waals surface area contributed by atoms with Gasteiger partial charge < -0.3 is 20.4 Å². The molecule has 0 fully saturated rings. The van der Waals surface area contributed by atoms with Gasteiger partial charge in [0, 0.05) is 32.0 Å². The molecule has 1 aromatic heterocycles. The van der Waals surface area contributed by atoms with Crippen LogP contribution in [-0.4, -0.2) is 58.2 Å². The fourth-order valence-corrected chi connectivity index (χ4v) is 1.46. The lowest BCUT2D eigenvalue weighted by Gasteiger charge is -2.19. The molecule has 2 amide bonds. The second-order valence-electron chi connectivity index (χ2n) is 3.78. The number of carbonyl (C=O) groups excluding carboxylic acids is 2. The number of aliphatic hydroxyl groups is 2. The molecule has 0 spiro atoms. The quantitative estimate of drug-likeness (QED) is 0.545. The molecule has 104 valence electrons. The van der Waals surface area contributed by atoms with Crippen LogP contribution in [0.4, 0.5) is 0 Å². The van der Waals surface area contributed by atoms with Gasteiger partial charge >= 0.3 is 11.8 Å². The number of rotatable bonds is 6. The molecule has 1 heterocycles. The molecule has 0 aliphatic carbocycles. The third kappa shape index (κ3) is 5.02. The van der Waals surface area contributed by atoms with Crippen molar-refractivity contribution in [2.75, 3.05) is 26.3 Å². The van der Waals surface area contributed by atoms with E-state index in [2.05, 4.69) is 10.3 Å². The van der Waals surface area contributed by atoms with Crippen LogP contribution in [0.15, 0.2) is 24.5 Å². The minimum atomic E-state index is -0.767. The topological polar surface area (TPSA) is 103 Å². The van der Waals surface area contributed by atoms with Gasteiger partial charge in [-0.15, -0.1) is 0 Å². The first-order valence-corrected chi connectivity index (χ1v) is 5.86. The first-order chi connectivity index (χ1) is 9.19. The zero-order valence-electron chi connectivity index (χ0n) is 10.5. The minimum absolute atomic E-state index is 0.0159.